The summed E-state index contributed by atoms with van der Waals surface area (Å²) in [5, 5.41) is 37.1. The standard InChI is InChI=1S/C28H45N6O17P3S2/c1-28(2,14-31-27(39)18-7-17(35)12-33(18)23(38)10-30-3)56-55-15-47-6-4-5-16-11-34(26-25(16)20(37)8-22(29)32-26)24-9-19(36)21(49-24)13-48-53(43,44)51-54(45,46)50-52(40,41)42/h11,17-21,24,30,35-37H,6-10,12-15H2,1-3H3,(H2,29,32)(H,31,39)(H,43,44)(H,45,46)(H2,40,41,42)/t17-,18+,19-,20?,21-,24-/m1/s1. The highest BCUT2D eigenvalue weighted by atomic mass is 33.1. The normalized spacial score (nSPS) is 26.1. The number of likely N-dealkylation sites (N-methyl/N-ethyl adjacent to an activating group) is 1. The van der Waals surface area contributed by atoms with Gasteiger partial charge in [0.2, 0.25) is 11.8 Å². The van der Waals surface area contributed by atoms with Crippen molar-refractivity contribution >= 4 is 68.5 Å². The number of aliphatic imine (C=N–C) groups is 1. The molecule has 4 heterocycles. The van der Waals surface area contributed by atoms with Crippen LogP contribution in [0, 0.1) is 11.8 Å². The maximum Gasteiger partial charge on any atom is 0.490 e. The van der Waals surface area contributed by atoms with E-state index in [1.165, 1.54) is 37.3 Å². The highest BCUT2D eigenvalue weighted by Gasteiger charge is 2.44. The maximum atomic E-state index is 12.9. The zero-order valence-corrected chi connectivity index (χ0v) is 34.5. The average molecular weight is 895 g/mol. The van der Waals surface area contributed by atoms with Crippen LogP contribution in [-0.4, -0.2) is 137 Å². The zero-order valence-electron chi connectivity index (χ0n) is 30.2. The van der Waals surface area contributed by atoms with E-state index in [1.807, 2.05) is 13.8 Å². The SMILES string of the molecule is CNCC(=O)N1C[C@H](O)C[C@H]1C(=O)NCC(C)(C)SSCOCC#Cc1cn([C@H]2C[C@@H](O)[C@@H](COP(=O)(O)OP(=O)(O)OP(=O)(O)O)O2)c2c1C(O)CC(N)=N2. The first-order chi connectivity index (χ1) is 26.0. The fourth-order valence-corrected chi connectivity index (χ4v) is 10.9. The van der Waals surface area contributed by atoms with Crippen molar-refractivity contribution in [3.05, 3.63) is 17.3 Å². The van der Waals surface area contributed by atoms with Crippen LogP contribution in [0.5, 0.6) is 0 Å². The number of fused-ring (bicyclic) bond motifs is 1. The van der Waals surface area contributed by atoms with Gasteiger partial charge in [0, 0.05) is 48.9 Å². The van der Waals surface area contributed by atoms with Gasteiger partial charge in [-0.25, -0.2) is 18.7 Å². The summed E-state index contributed by atoms with van der Waals surface area (Å²) in [5.41, 5.74) is 6.61. The van der Waals surface area contributed by atoms with Gasteiger partial charge in [-0.15, -0.1) is 0 Å². The van der Waals surface area contributed by atoms with Crippen molar-refractivity contribution < 1.29 is 80.8 Å². The molecular weight excluding hydrogens is 849 g/mol. The number of hydrogen-bond donors (Lipinski definition) is 10. The van der Waals surface area contributed by atoms with Gasteiger partial charge in [0.1, 0.15) is 42.6 Å². The van der Waals surface area contributed by atoms with Crippen LogP contribution in [0.1, 0.15) is 56.6 Å². The number of carbonyl (C=O) groups excluding carboxylic acids is 2. The van der Waals surface area contributed by atoms with E-state index in [0.29, 0.717) is 11.1 Å². The molecule has 4 rings (SSSR count). The van der Waals surface area contributed by atoms with Crippen molar-refractivity contribution in [3.8, 4) is 11.8 Å². The lowest BCUT2D eigenvalue weighted by molar-refractivity contribution is -0.137. The van der Waals surface area contributed by atoms with Crippen LogP contribution in [0.25, 0.3) is 0 Å². The molecule has 0 aliphatic carbocycles. The fourth-order valence-electron chi connectivity index (χ4n) is 5.76. The highest BCUT2D eigenvalue weighted by molar-refractivity contribution is 8.77. The third-order valence-electron chi connectivity index (χ3n) is 8.09. The Morgan fingerprint density at radius 3 is 2.52 bits per heavy atom. The number of nitrogens with two attached hydrogens (primary N) is 1. The Morgan fingerprint density at radius 1 is 1.12 bits per heavy atom. The Balaban J connectivity index is 1.29. The lowest BCUT2D eigenvalue weighted by Gasteiger charge is -2.27. The summed E-state index contributed by atoms with van der Waals surface area (Å²) in [6.07, 6.45) is -3.94. The topological polar surface area (TPSA) is 344 Å². The first-order valence-corrected chi connectivity index (χ1v) is 23.5. The number of amides is 2. The second kappa shape index (κ2) is 19.5. The molecule has 8 atom stereocenters. The first-order valence-electron chi connectivity index (χ1n) is 16.6. The van der Waals surface area contributed by atoms with Crippen LogP contribution in [0.2, 0.25) is 0 Å². The van der Waals surface area contributed by atoms with E-state index in [9.17, 15) is 48.4 Å². The smallest absolute Gasteiger partial charge is 0.391 e. The maximum absolute atomic E-state index is 12.9. The molecule has 28 heteroatoms. The Morgan fingerprint density at radius 2 is 1.84 bits per heavy atom. The number of phosphoric ester groups is 1. The average Bonchev–Trinajstić information content (AvgIpc) is 3.75. The molecule has 11 N–H and O–H groups in total. The van der Waals surface area contributed by atoms with Gasteiger partial charge >= 0.3 is 23.5 Å². The fraction of sp³-hybridized carbons (Fsp3) is 0.679. The van der Waals surface area contributed by atoms with Gasteiger partial charge in [0.25, 0.3) is 0 Å². The van der Waals surface area contributed by atoms with Crippen LogP contribution >= 0.6 is 45.1 Å². The van der Waals surface area contributed by atoms with Crippen molar-refractivity contribution in [2.45, 2.75) is 74.5 Å². The number of phosphoric acid groups is 3. The third-order valence-corrected chi connectivity index (χ3v) is 14.9. The van der Waals surface area contributed by atoms with E-state index in [4.69, 9.17) is 25.0 Å². The number of β-amino-alcohol motifs (C(OH)–C–C–N with tert-alkyl or cyclic N) is 1. The molecule has 0 saturated carbocycles. The Labute approximate surface area is 328 Å². The van der Waals surface area contributed by atoms with Crippen molar-refractivity contribution in [2.75, 3.05) is 45.8 Å². The van der Waals surface area contributed by atoms with Crippen molar-refractivity contribution in [3.63, 3.8) is 0 Å². The summed E-state index contributed by atoms with van der Waals surface area (Å²) in [7, 11) is -12.3. The molecule has 0 aromatic carbocycles. The van der Waals surface area contributed by atoms with Crippen LogP contribution in [-0.2, 0) is 45.9 Å². The van der Waals surface area contributed by atoms with Gasteiger partial charge < -0.3 is 70.2 Å². The molecular formula is C28H45N6O17P3S2. The molecule has 3 unspecified atom stereocenters. The van der Waals surface area contributed by atoms with E-state index in [1.54, 1.807) is 7.05 Å². The molecule has 3 aliphatic heterocycles. The summed E-state index contributed by atoms with van der Waals surface area (Å²) in [4.78, 5) is 67.4. The van der Waals surface area contributed by atoms with Gasteiger partial charge in [-0.1, -0.05) is 33.4 Å². The molecule has 56 heavy (non-hydrogen) atoms. The predicted octanol–water partition coefficient (Wildman–Crippen LogP) is -0.311. The minimum atomic E-state index is -5.75. The Kier molecular flexibility index (Phi) is 16.3. The largest absolute Gasteiger partial charge is 0.490 e. The number of carbonyl (C=O) groups is 2. The van der Waals surface area contributed by atoms with Crippen molar-refractivity contribution in [1.82, 2.24) is 20.1 Å². The summed E-state index contributed by atoms with van der Waals surface area (Å²) in [5.74, 6) is 5.71. The number of amidine groups is 1. The summed E-state index contributed by atoms with van der Waals surface area (Å²) in [6, 6.07) is -0.751. The zero-order chi connectivity index (χ0) is 41.6. The third kappa shape index (κ3) is 13.6. The second-order valence-corrected chi connectivity index (χ2v) is 20.6. The van der Waals surface area contributed by atoms with E-state index >= 15 is 0 Å². The summed E-state index contributed by atoms with van der Waals surface area (Å²) in [6.45, 7) is 3.42. The Hall–Kier alpha value is -1.88. The van der Waals surface area contributed by atoms with Gasteiger partial charge in [0.15, 0.2) is 0 Å². The van der Waals surface area contributed by atoms with Crippen LogP contribution in [0.15, 0.2) is 11.2 Å². The number of hydrogen-bond acceptors (Lipinski definition) is 18. The van der Waals surface area contributed by atoms with E-state index in [0.717, 1.165) is 0 Å². The van der Waals surface area contributed by atoms with Gasteiger partial charge in [-0.05, 0) is 20.9 Å². The van der Waals surface area contributed by atoms with Crippen LogP contribution < -0.4 is 16.4 Å². The lowest BCUT2D eigenvalue weighted by atomic mass is 10.0. The highest BCUT2D eigenvalue weighted by Crippen LogP contribution is 2.66. The van der Waals surface area contributed by atoms with E-state index in [-0.39, 0.29) is 74.9 Å². The summed E-state index contributed by atoms with van der Waals surface area (Å²) >= 11 is 0. The Bertz CT molecular complexity index is 1840. The van der Waals surface area contributed by atoms with Crippen molar-refractivity contribution in [1.29, 1.82) is 0 Å². The number of ether oxygens (including phenoxy) is 2. The van der Waals surface area contributed by atoms with Crippen LogP contribution in [0.4, 0.5) is 5.82 Å². The molecule has 0 spiro atoms. The predicted molar refractivity (Wildman–Crippen MR) is 200 cm³/mol. The molecule has 1 aromatic heterocycles. The van der Waals surface area contributed by atoms with E-state index < -0.39 is 71.5 Å². The molecule has 316 valence electrons. The molecule has 0 radical (unpaired) electrons. The number of nitrogens with one attached hydrogen (secondary N) is 2. The lowest BCUT2D eigenvalue weighted by Crippen LogP contribution is -2.50. The minimum Gasteiger partial charge on any atom is -0.391 e. The van der Waals surface area contributed by atoms with Crippen LogP contribution in [0.3, 0.4) is 0 Å². The molecule has 23 nitrogen and oxygen atoms in total. The molecule has 1 aromatic rings. The number of aliphatic hydroxyl groups excluding tert-OH is 3. The molecule has 2 amide bonds. The van der Waals surface area contributed by atoms with Crippen molar-refractivity contribution in [2.24, 2.45) is 10.7 Å². The quantitative estimate of drug-likeness (QED) is 0.0297. The van der Waals surface area contributed by atoms with E-state index in [2.05, 4.69) is 40.6 Å². The van der Waals surface area contributed by atoms with Gasteiger partial charge in [-0.3, -0.25) is 14.1 Å². The minimum absolute atomic E-state index is 0.00597. The molecule has 3 aliphatic rings. The number of rotatable bonds is 18. The van der Waals surface area contributed by atoms with Gasteiger partial charge in [-0.2, -0.15) is 8.62 Å². The van der Waals surface area contributed by atoms with Gasteiger partial charge in [0.05, 0.1) is 37.0 Å². The second-order valence-electron chi connectivity index (χ2n) is 13.3. The number of aliphatic hydroxyl groups is 3. The molecule has 2 saturated heterocycles. The summed E-state index contributed by atoms with van der Waals surface area (Å²) < 4.78 is 59.0. The monoisotopic (exact) mass is 894 g/mol. The number of likely N-dealkylation sites (tertiary alicyclic amines) is 1. The number of aromatic nitrogens is 1. The first kappa shape index (κ1) is 46.8. The molecule has 2 fully saturated rings. The number of nitrogens with zero attached hydrogens (tertiary/aromatic N) is 3. The molecule has 0 bridgehead atoms.